The van der Waals surface area contributed by atoms with Crippen LogP contribution in [0.3, 0.4) is 0 Å². The molecule has 35 heavy (non-hydrogen) atoms. The van der Waals surface area contributed by atoms with Gasteiger partial charge in [-0.2, -0.15) is 0 Å². The third-order valence-corrected chi connectivity index (χ3v) is 6.18. The Morgan fingerprint density at radius 2 is 1.57 bits per heavy atom. The molecule has 2 N–H and O–H groups in total. The van der Waals surface area contributed by atoms with Crippen LogP contribution in [0.2, 0.25) is 0 Å². The minimum absolute atomic E-state index is 0.0555. The number of amides is 4. The van der Waals surface area contributed by atoms with Crippen LogP contribution in [0.4, 0.5) is 9.18 Å². The maximum atomic E-state index is 14.4. The summed E-state index contributed by atoms with van der Waals surface area (Å²) in [5.41, 5.74) is -1.70. The molecular weight excluding hydrogens is 459 g/mol. The van der Waals surface area contributed by atoms with E-state index >= 15 is 0 Å². The predicted molar refractivity (Wildman–Crippen MR) is 118 cm³/mol. The molecule has 1 aromatic heterocycles. The standard InChI is InChI=1S/C24H21FN4O6/c25-19-12-17(10-11-18(19)20-29-26-13-33-20)34-15-6-8-16(9-7-15)35-24(14-4-2-1-3-5-14)21(30)27-23(32)28-22(24)31/h6-14H,1-5H2,(H2,27,28,30,31,32). The van der Waals surface area contributed by atoms with Crippen molar-refractivity contribution in [3.8, 4) is 28.7 Å². The fraction of sp³-hybridized carbons (Fsp3) is 0.292. The Morgan fingerprint density at radius 1 is 0.914 bits per heavy atom. The Balaban J connectivity index is 1.35. The molecule has 5 rings (SSSR count). The highest BCUT2D eigenvalue weighted by Crippen LogP contribution is 2.38. The first-order valence-electron chi connectivity index (χ1n) is 11.2. The molecule has 1 aliphatic heterocycles. The van der Waals surface area contributed by atoms with Crippen LogP contribution in [0.5, 0.6) is 17.2 Å². The van der Waals surface area contributed by atoms with Crippen LogP contribution in [0, 0.1) is 11.7 Å². The highest BCUT2D eigenvalue weighted by atomic mass is 19.1. The van der Waals surface area contributed by atoms with E-state index in [9.17, 15) is 18.8 Å². The Hall–Kier alpha value is -4.28. The van der Waals surface area contributed by atoms with Gasteiger partial charge in [0.25, 0.3) is 17.4 Å². The van der Waals surface area contributed by atoms with Crippen LogP contribution >= 0.6 is 0 Å². The summed E-state index contributed by atoms with van der Waals surface area (Å²) in [7, 11) is 0. The number of benzene rings is 2. The first kappa shape index (κ1) is 22.5. The van der Waals surface area contributed by atoms with Crippen LogP contribution in [0.25, 0.3) is 11.5 Å². The third-order valence-electron chi connectivity index (χ3n) is 6.18. The number of carbonyl (C=O) groups is 3. The van der Waals surface area contributed by atoms with Gasteiger partial charge in [-0.15, -0.1) is 10.2 Å². The van der Waals surface area contributed by atoms with Crippen molar-refractivity contribution < 1.29 is 32.7 Å². The van der Waals surface area contributed by atoms with Gasteiger partial charge in [-0.3, -0.25) is 20.2 Å². The van der Waals surface area contributed by atoms with E-state index < -0.39 is 29.3 Å². The maximum absolute atomic E-state index is 14.4. The Kier molecular flexibility index (Phi) is 5.89. The van der Waals surface area contributed by atoms with E-state index in [2.05, 4.69) is 20.8 Å². The molecule has 0 bridgehead atoms. The quantitative estimate of drug-likeness (QED) is 0.510. The van der Waals surface area contributed by atoms with E-state index in [0.717, 1.165) is 25.7 Å². The highest BCUT2D eigenvalue weighted by Gasteiger charge is 2.58. The highest BCUT2D eigenvalue weighted by molar-refractivity contribution is 6.22. The van der Waals surface area contributed by atoms with Gasteiger partial charge in [-0.05, 0) is 49.2 Å². The van der Waals surface area contributed by atoms with Crippen LogP contribution in [0.15, 0.2) is 53.3 Å². The summed E-state index contributed by atoms with van der Waals surface area (Å²) in [6.07, 6.45) is 5.09. The number of ether oxygens (including phenoxy) is 2. The molecule has 1 saturated carbocycles. The number of rotatable bonds is 6. The fourth-order valence-corrected chi connectivity index (χ4v) is 4.50. The van der Waals surface area contributed by atoms with Crippen molar-refractivity contribution in [3.63, 3.8) is 0 Å². The van der Waals surface area contributed by atoms with E-state index in [1.807, 2.05) is 0 Å². The normalized spacial score (nSPS) is 18.0. The number of barbiturate groups is 1. The average molecular weight is 480 g/mol. The number of nitrogens with one attached hydrogen (secondary N) is 2. The Bertz CT molecular complexity index is 1240. The number of hydrogen-bond donors (Lipinski definition) is 2. The van der Waals surface area contributed by atoms with Crippen molar-refractivity contribution in [2.45, 2.75) is 37.7 Å². The van der Waals surface area contributed by atoms with Gasteiger partial charge in [0.1, 0.15) is 23.1 Å². The number of carbonyl (C=O) groups excluding carboxylic acids is 3. The molecule has 1 saturated heterocycles. The molecule has 180 valence electrons. The van der Waals surface area contributed by atoms with Crippen molar-refractivity contribution in [1.29, 1.82) is 0 Å². The Morgan fingerprint density at radius 3 is 2.20 bits per heavy atom. The van der Waals surface area contributed by atoms with Crippen molar-refractivity contribution >= 4 is 17.8 Å². The lowest BCUT2D eigenvalue weighted by molar-refractivity contribution is -0.158. The zero-order chi connectivity index (χ0) is 24.4. The van der Waals surface area contributed by atoms with E-state index in [-0.39, 0.29) is 28.9 Å². The van der Waals surface area contributed by atoms with Crippen molar-refractivity contribution in [2.24, 2.45) is 5.92 Å². The molecule has 2 heterocycles. The lowest BCUT2D eigenvalue weighted by Crippen LogP contribution is -2.72. The lowest BCUT2D eigenvalue weighted by Gasteiger charge is -2.41. The second-order valence-corrected chi connectivity index (χ2v) is 8.37. The zero-order valence-electron chi connectivity index (χ0n) is 18.5. The predicted octanol–water partition coefficient (Wildman–Crippen LogP) is 3.73. The van der Waals surface area contributed by atoms with Gasteiger partial charge in [-0.1, -0.05) is 19.3 Å². The van der Waals surface area contributed by atoms with Crippen molar-refractivity contribution in [3.05, 3.63) is 54.7 Å². The van der Waals surface area contributed by atoms with Gasteiger partial charge in [0.05, 0.1) is 5.56 Å². The van der Waals surface area contributed by atoms with E-state index in [1.165, 1.54) is 12.1 Å². The van der Waals surface area contributed by atoms with Gasteiger partial charge in [0.2, 0.25) is 12.3 Å². The molecule has 3 aromatic rings. The fourth-order valence-electron chi connectivity index (χ4n) is 4.50. The molecule has 2 aliphatic rings. The van der Waals surface area contributed by atoms with Gasteiger partial charge in [0, 0.05) is 12.0 Å². The SMILES string of the molecule is O=C1NC(=O)C(Oc2ccc(Oc3ccc(-c4nnco4)c(F)c3)cc2)(C2CCCCC2)C(=O)N1. The summed E-state index contributed by atoms with van der Waals surface area (Å²) in [5.74, 6) is -1.58. The van der Waals surface area contributed by atoms with Crippen LogP contribution in [0.1, 0.15) is 32.1 Å². The minimum atomic E-state index is -1.84. The smallest absolute Gasteiger partial charge is 0.328 e. The summed E-state index contributed by atoms with van der Waals surface area (Å²) in [6, 6.07) is 9.56. The first-order chi connectivity index (χ1) is 17.0. The van der Waals surface area contributed by atoms with Crippen LogP contribution in [-0.2, 0) is 9.59 Å². The molecule has 0 spiro atoms. The summed E-state index contributed by atoms with van der Waals surface area (Å²) < 4.78 is 31.2. The van der Waals surface area contributed by atoms with Gasteiger partial charge in [0.15, 0.2) is 0 Å². The topological polar surface area (TPSA) is 133 Å². The molecule has 0 radical (unpaired) electrons. The molecule has 2 aromatic carbocycles. The van der Waals surface area contributed by atoms with E-state index in [1.54, 1.807) is 30.3 Å². The number of imide groups is 2. The number of hydrogen-bond acceptors (Lipinski definition) is 8. The van der Waals surface area contributed by atoms with Crippen LogP contribution < -0.4 is 20.1 Å². The van der Waals surface area contributed by atoms with Gasteiger partial charge < -0.3 is 13.9 Å². The van der Waals surface area contributed by atoms with Gasteiger partial charge in [-0.25, -0.2) is 9.18 Å². The number of aromatic nitrogens is 2. The maximum Gasteiger partial charge on any atom is 0.328 e. The first-order valence-corrected chi connectivity index (χ1v) is 11.2. The molecular formula is C24H21FN4O6. The molecule has 0 unspecified atom stereocenters. The van der Waals surface area contributed by atoms with Crippen molar-refractivity contribution in [1.82, 2.24) is 20.8 Å². The molecule has 2 fully saturated rings. The number of halogens is 1. The molecule has 4 amide bonds. The largest absolute Gasteiger partial charge is 0.467 e. The average Bonchev–Trinajstić information content (AvgIpc) is 3.38. The summed E-state index contributed by atoms with van der Waals surface area (Å²) in [4.78, 5) is 37.5. The molecule has 1 aliphatic carbocycles. The Labute approximate surface area is 198 Å². The summed E-state index contributed by atoms with van der Waals surface area (Å²) >= 11 is 0. The molecule has 0 atom stereocenters. The van der Waals surface area contributed by atoms with E-state index in [4.69, 9.17) is 13.9 Å². The van der Waals surface area contributed by atoms with Gasteiger partial charge >= 0.3 is 6.03 Å². The monoisotopic (exact) mass is 480 g/mol. The molecule has 11 heteroatoms. The summed E-state index contributed by atoms with van der Waals surface area (Å²) in [6.45, 7) is 0. The summed E-state index contributed by atoms with van der Waals surface area (Å²) in [5, 5.41) is 11.6. The zero-order valence-corrected chi connectivity index (χ0v) is 18.5. The second kappa shape index (κ2) is 9.16. The third kappa shape index (κ3) is 4.32. The minimum Gasteiger partial charge on any atom is -0.467 e. The second-order valence-electron chi connectivity index (χ2n) is 8.37. The lowest BCUT2D eigenvalue weighted by atomic mass is 9.75. The van der Waals surface area contributed by atoms with Crippen LogP contribution in [-0.4, -0.2) is 33.6 Å². The molecule has 10 nitrogen and oxygen atoms in total. The number of nitrogens with zero attached hydrogens (tertiary/aromatic N) is 2. The van der Waals surface area contributed by atoms with E-state index in [0.29, 0.717) is 18.6 Å². The van der Waals surface area contributed by atoms with Crippen molar-refractivity contribution in [2.75, 3.05) is 0 Å². The number of urea groups is 1.